The molecule has 25 heavy (non-hydrogen) atoms. The largest absolute Gasteiger partial charge is 0.340 e. The van der Waals surface area contributed by atoms with E-state index in [0.717, 1.165) is 43.5 Å². The number of imidazole rings is 1. The highest BCUT2D eigenvalue weighted by Gasteiger charge is 2.22. The number of nitrogens with one attached hydrogen (secondary N) is 1. The van der Waals surface area contributed by atoms with Crippen LogP contribution in [-0.2, 0) is 19.5 Å². The molecule has 0 unspecified atom stereocenters. The highest BCUT2D eigenvalue weighted by molar-refractivity contribution is 14.1. The minimum absolute atomic E-state index is 0.179. The molecule has 0 atom stereocenters. The number of rotatable bonds is 3. The van der Waals surface area contributed by atoms with Crippen molar-refractivity contribution in [3.8, 4) is 11.4 Å². The fraction of sp³-hybridized carbons (Fsp3) is 0.211. The number of nitrogens with zero attached hydrogens (tertiary/aromatic N) is 2. The quantitative estimate of drug-likeness (QED) is 0.595. The van der Waals surface area contributed by atoms with Gasteiger partial charge in [0.25, 0.3) is 0 Å². The predicted octanol–water partition coefficient (Wildman–Crippen LogP) is 4.52. The molecule has 0 spiro atoms. The van der Waals surface area contributed by atoms with Crippen LogP contribution < -0.4 is 0 Å². The number of hydrogen-bond donors (Lipinski definition) is 1. The Morgan fingerprint density at radius 2 is 1.92 bits per heavy atom. The molecule has 0 amide bonds. The van der Waals surface area contributed by atoms with E-state index in [-0.39, 0.29) is 5.56 Å². The van der Waals surface area contributed by atoms with E-state index in [1.54, 1.807) is 6.07 Å². The summed E-state index contributed by atoms with van der Waals surface area (Å²) in [5.74, 6) is -1.31. The normalized spacial score (nSPS) is 14.5. The molecular formula is C19H16F2IN3. The van der Waals surface area contributed by atoms with Crippen LogP contribution in [0.15, 0.2) is 42.5 Å². The van der Waals surface area contributed by atoms with Crippen molar-refractivity contribution in [3.63, 3.8) is 0 Å². The molecule has 4 rings (SSSR count). The zero-order chi connectivity index (χ0) is 17.4. The Morgan fingerprint density at radius 3 is 2.72 bits per heavy atom. The summed E-state index contributed by atoms with van der Waals surface area (Å²) < 4.78 is 28.7. The van der Waals surface area contributed by atoms with Crippen molar-refractivity contribution in [2.24, 2.45) is 0 Å². The fourth-order valence-electron chi connectivity index (χ4n) is 3.15. The van der Waals surface area contributed by atoms with Crippen molar-refractivity contribution in [1.82, 2.24) is 14.9 Å². The molecule has 0 saturated heterocycles. The van der Waals surface area contributed by atoms with E-state index in [4.69, 9.17) is 0 Å². The van der Waals surface area contributed by atoms with Crippen LogP contribution in [0, 0.1) is 15.2 Å². The third-order valence-electron chi connectivity index (χ3n) is 4.44. The van der Waals surface area contributed by atoms with Gasteiger partial charge in [-0.3, -0.25) is 4.90 Å². The summed E-state index contributed by atoms with van der Waals surface area (Å²) in [6.45, 7) is 2.49. The van der Waals surface area contributed by atoms with Gasteiger partial charge in [0.15, 0.2) is 11.6 Å². The number of H-pyrrole nitrogens is 1. The number of fused-ring (bicyclic) bond motifs is 1. The van der Waals surface area contributed by atoms with E-state index >= 15 is 0 Å². The molecule has 3 aromatic rings. The second kappa shape index (κ2) is 6.84. The van der Waals surface area contributed by atoms with E-state index in [2.05, 4.69) is 61.7 Å². The summed E-state index contributed by atoms with van der Waals surface area (Å²) in [6.07, 6.45) is 0.799. The fourth-order valence-corrected chi connectivity index (χ4v) is 3.51. The Balaban J connectivity index is 1.55. The van der Waals surface area contributed by atoms with Crippen LogP contribution in [0.4, 0.5) is 8.78 Å². The van der Waals surface area contributed by atoms with Gasteiger partial charge in [0.1, 0.15) is 5.82 Å². The standard InChI is InChI=1S/C19H16F2IN3/c20-15-3-1-2-14(18(15)21)19-23-16-8-9-25(11-17(16)24-19)10-12-4-6-13(22)7-5-12/h1-7H,8-11H2,(H,23,24). The molecule has 2 aromatic carbocycles. The van der Waals surface area contributed by atoms with Crippen LogP contribution in [0.25, 0.3) is 11.4 Å². The Labute approximate surface area is 158 Å². The summed E-state index contributed by atoms with van der Waals surface area (Å²) in [6, 6.07) is 12.6. The van der Waals surface area contributed by atoms with Gasteiger partial charge in [0.2, 0.25) is 0 Å². The van der Waals surface area contributed by atoms with Crippen molar-refractivity contribution < 1.29 is 8.78 Å². The average Bonchev–Trinajstić information content (AvgIpc) is 3.02. The summed E-state index contributed by atoms with van der Waals surface area (Å²) in [4.78, 5) is 10.00. The van der Waals surface area contributed by atoms with Crippen molar-refractivity contribution in [3.05, 3.63) is 74.6 Å². The summed E-state index contributed by atoms with van der Waals surface area (Å²) >= 11 is 2.30. The molecule has 1 N–H and O–H groups in total. The third-order valence-corrected chi connectivity index (χ3v) is 5.16. The first kappa shape index (κ1) is 16.7. The molecule has 2 heterocycles. The Hall–Kier alpha value is -1.80. The number of hydrogen-bond acceptors (Lipinski definition) is 2. The molecule has 1 aliphatic heterocycles. The molecule has 0 aliphatic carbocycles. The molecular weight excluding hydrogens is 435 g/mol. The first-order valence-electron chi connectivity index (χ1n) is 8.09. The van der Waals surface area contributed by atoms with Gasteiger partial charge in [-0.05, 0) is 52.4 Å². The van der Waals surface area contributed by atoms with Gasteiger partial charge >= 0.3 is 0 Å². The maximum Gasteiger partial charge on any atom is 0.169 e. The second-order valence-electron chi connectivity index (χ2n) is 6.20. The zero-order valence-electron chi connectivity index (χ0n) is 13.4. The Bertz CT molecular complexity index is 906. The lowest BCUT2D eigenvalue weighted by molar-refractivity contribution is 0.241. The molecule has 128 valence electrons. The van der Waals surface area contributed by atoms with Gasteiger partial charge in [0, 0.05) is 29.6 Å². The van der Waals surface area contributed by atoms with Gasteiger partial charge in [-0.25, -0.2) is 13.8 Å². The van der Waals surface area contributed by atoms with Crippen molar-refractivity contribution in [2.45, 2.75) is 19.5 Å². The first-order chi connectivity index (χ1) is 12.1. The molecule has 3 nitrogen and oxygen atoms in total. The van der Waals surface area contributed by atoms with Crippen LogP contribution >= 0.6 is 22.6 Å². The van der Waals surface area contributed by atoms with E-state index in [0.29, 0.717) is 5.82 Å². The number of benzene rings is 2. The Morgan fingerprint density at radius 1 is 1.12 bits per heavy atom. The number of aromatic amines is 1. The number of aromatic nitrogens is 2. The molecule has 0 radical (unpaired) electrons. The minimum Gasteiger partial charge on any atom is -0.340 e. The van der Waals surface area contributed by atoms with E-state index < -0.39 is 11.6 Å². The van der Waals surface area contributed by atoms with Gasteiger partial charge in [-0.15, -0.1) is 0 Å². The van der Waals surface area contributed by atoms with Crippen molar-refractivity contribution in [2.75, 3.05) is 6.54 Å². The van der Waals surface area contributed by atoms with Gasteiger partial charge < -0.3 is 4.98 Å². The van der Waals surface area contributed by atoms with Gasteiger partial charge in [-0.1, -0.05) is 18.2 Å². The van der Waals surface area contributed by atoms with Gasteiger partial charge in [-0.2, -0.15) is 0 Å². The molecule has 1 aromatic heterocycles. The van der Waals surface area contributed by atoms with Crippen LogP contribution in [-0.4, -0.2) is 21.4 Å². The molecule has 6 heteroatoms. The summed E-state index contributed by atoms with van der Waals surface area (Å²) in [5, 5.41) is 0. The maximum atomic E-state index is 14.0. The van der Waals surface area contributed by atoms with Gasteiger partial charge in [0.05, 0.1) is 17.0 Å². The SMILES string of the molecule is Fc1cccc(-c2nc3c([nH]2)CN(Cc2ccc(I)cc2)CC3)c1F. The summed E-state index contributed by atoms with van der Waals surface area (Å²) in [7, 11) is 0. The predicted molar refractivity (Wildman–Crippen MR) is 101 cm³/mol. The smallest absolute Gasteiger partial charge is 0.169 e. The Kier molecular flexibility index (Phi) is 4.56. The maximum absolute atomic E-state index is 14.0. The van der Waals surface area contributed by atoms with E-state index in [1.165, 1.54) is 15.2 Å². The third kappa shape index (κ3) is 3.46. The number of halogens is 3. The molecule has 0 saturated carbocycles. The topological polar surface area (TPSA) is 31.9 Å². The molecule has 0 bridgehead atoms. The van der Waals surface area contributed by atoms with Crippen molar-refractivity contribution >= 4 is 22.6 Å². The van der Waals surface area contributed by atoms with E-state index in [9.17, 15) is 8.78 Å². The zero-order valence-corrected chi connectivity index (χ0v) is 15.6. The minimum atomic E-state index is -0.857. The summed E-state index contributed by atoms with van der Waals surface area (Å²) in [5.41, 5.74) is 3.37. The van der Waals surface area contributed by atoms with E-state index in [1.807, 2.05) is 0 Å². The lowest BCUT2D eigenvalue weighted by Crippen LogP contribution is -2.30. The van der Waals surface area contributed by atoms with Crippen LogP contribution in [0.1, 0.15) is 17.0 Å². The monoisotopic (exact) mass is 451 g/mol. The lowest BCUT2D eigenvalue weighted by Gasteiger charge is -2.26. The van der Waals surface area contributed by atoms with Crippen molar-refractivity contribution in [1.29, 1.82) is 0 Å². The first-order valence-corrected chi connectivity index (χ1v) is 9.17. The lowest BCUT2D eigenvalue weighted by atomic mass is 10.1. The molecule has 1 aliphatic rings. The van der Waals surface area contributed by atoms with Crippen LogP contribution in [0.5, 0.6) is 0 Å². The second-order valence-corrected chi connectivity index (χ2v) is 7.44. The highest BCUT2D eigenvalue weighted by atomic mass is 127. The van der Waals surface area contributed by atoms with Crippen LogP contribution in [0.2, 0.25) is 0 Å². The molecule has 0 fully saturated rings. The highest BCUT2D eigenvalue weighted by Crippen LogP contribution is 2.26. The van der Waals surface area contributed by atoms with Crippen LogP contribution in [0.3, 0.4) is 0 Å². The average molecular weight is 451 g/mol.